The van der Waals surface area contributed by atoms with Gasteiger partial charge in [0.1, 0.15) is 0 Å². The van der Waals surface area contributed by atoms with Crippen molar-refractivity contribution in [1.29, 1.82) is 0 Å². The highest BCUT2D eigenvalue weighted by Gasteiger charge is 2.43. The average molecular weight is 247 g/mol. The number of aryl methyl sites for hydroxylation is 1. The van der Waals surface area contributed by atoms with Gasteiger partial charge in [0.05, 0.1) is 12.1 Å². The maximum absolute atomic E-state index is 12.7. The quantitative estimate of drug-likeness (QED) is 0.759. The zero-order valence-electron chi connectivity index (χ0n) is 9.91. The number of hydrogen-bond acceptors (Lipinski definition) is 2. The number of aromatic nitrogens is 2. The van der Waals surface area contributed by atoms with Crippen LogP contribution < -0.4 is 0 Å². The van der Waals surface area contributed by atoms with Crippen molar-refractivity contribution in [1.82, 2.24) is 14.7 Å². The van der Waals surface area contributed by atoms with Gasteiger partial charge in [-0.25, -0.2) is 0 Å². The van der Waals surface area contributed by atoms with Gasteiger partial charge in [-0.1, -0.05) is 0 Å². The van der Waals surface area contributed by atoms with Gasteiger partial charge in [0, 0.05) is 24.8 Å². The third kappa shape index (κ3) is 2.62. The molecule has 1 saturated heterocycles. The number of hydrogen-bond donors (Lipinski definition) is 0. The molecule has 1 aliphatic rings. The lowest BCUT2D eigenvalue weighted by Crippen LogP contribution is -2.39. The van der Waals surface area contributed by atoms with Crippen molar-refractivity contribution in [2.45, 2.75) is 25.1 Å². The maximum atomic E-state index is 12.7. The van der Waals surface area contributed by atoms with Crippen LogP contribution in [0.25, 0.3) is 0 Å². The van der Waals surface area contributed by atoms with Crippen LogP contribution in [0.2, 0.25) is 0 Å². The van der Waals surface area contributed by atoms with Crippen LogP contribution in [-0.4, -0.2) is 34.4 Å². The Morgan fingerprint density at radius 2 is 2.06 bits per heavy atom. The first-order chi connectivity index (χ1) is 7.88. The smallest absolute Gasteiger partial charge is 0.299 e. The fourth-order valence-corrected chi connectivity index (χ4v) is 2.38. The van der Waals surface area contributed by atoms with Gasteiger partial charge < -0.3 is 0 Å². The van der Waals surface area contributed by atoms with Crippen molar-refractivity contribution in [2.75, 3.05) is 13.6 Å². The zero-order chi connectivity index (χ0) is 12.6. The van der Waals surface area contributed by atoms with Gasteiger partial charge in [0.2, 0.25) is 0 Å². The van der Waals surface area contributed by atoms with Crippen LogP contribution in [0.3, 0.4) is 0 Å². The Balaban J connectivity index is 2.15. The van der Waals surface area contributed by atoms with E-state index in [2.05, 4.69) is 5.10 Å². The first-order valence-corrected chi connectivity index (χ1v) is 5.63. The fourth-order valence-electron chi connectivity index (χ4n) is 2.38. The van der Waals surface area contributed by atoms with Crippen molar-refractivity contribution in [3.05, 3.63) is 18.0 Å². The molecule has 2 atom stereocenters. The Kier molecular flexibility index (Phi) is 3.16. The normalized spacial score (nSPS) is 27.4. The Hall–Kier alpha value is -1.04. The molecule has 0 bridgehead atoms. The summed E-state index contributed by atoms with van der Waals surface area (Å²) in [5, 5.41) is 4.02. The largest absolute Gasteiger partial charge is 0.391 e. The molecule has 0 saturated carbocycles. The molecule has 0 aliphatic carbocycles. The van der Waals surface area contributed by atoms with E-state index < -0.39 is 12.1 Å². The first kappa shape index (κ1) is 12.4. The molecule has 0 unspecified atom stereocenters. The van der Waals surface area contributed by atoms with E-state index in [4.69, 9.17) is 0 Å². The molecule has 0 N–H and O–H groups in total. The van der Waals surface area contributed by atoms with Crippen LogP contribution in [-0.2, 0) is 7.05 Å². The monoisotopic (exact) mass is 247 g/mol. The summed E-state index contributed by atoms with van der Waals surface area (Å²) in [4.78, 5) is 1.97. The molecule has 1 aromatic rings. The topological polar surface area (TPSA) is 21.1 Å². The van der Waals surface area contributed by atoms with Gasteiger partial charge in [0.25, 0.3) is 0 Å². The summed E-state index contributed by atoms with van der Waals surface area (Å²) in [5.74, 6) is -1.19. The molecule has 1 fully saturated rings. The first-order valence-electron chi connectivity index (χ1n) is 5.63. The molecule has 6 heteroatoms. The van der Waals surface area contributed by atoms with Crippen LogP contribution >= 0.6 is 0 Å². The maximum Gasteiger partial charge on any atom is 0.391 e. The molecule has 0 amide bonds. The van der Waals surface area contributed by atoms with Gasteiger partial charge in [-0.05, 0) is 26.4 Å². The van der Waals surface area contributed by atoms with E-state index in [0.29, 0.717) is 6.54 Å². The molecule has 2 heterocycles. The molecule has 96 valence electrons. The van der Waals surface area contributed by atoms with Crippen LogP contribution in [0.5, 0.6) is 0 Å². The molecule has 3 nitrogen and oxygen atoms in total. The minimum absolute atomic E-state index is 0.131. The summed E-state index contributed by atoms with van der Waals surface area (Å²) >= 11 is 0. The number of piperidine rings is 1. The average Bonchev–Trinajstić information content (AvgIpc) is 2.63. The van der Waals surface area contributed by atoms with Gasteiger partial charge in [0.15, 0.2) is 0 Å². The highest BCUT2D eigenvalue weighted by Crippen LogP contribution is 2.41. The van der Waals surface area contributed by atoms with Crippen molar-refractivity contribution in [3.8, 4) is 0 Å². The Labute approximate surface area is 98.2 Å². The van der Waals surface area contributed by atoms with Gasteiger partial charge in [-0.15, -0.1) is 0 Å². The number of nitrogens with zero attached hydrogens (tertiary/aromatic N) is 3. The van der Waals surface area contributed by atoms with E-state index in [9.17, 15) is 13.2 Å². The minimum Gasteiger partial charge on any atom is -0.299 e. The third-order valence-electron chi connectivity index (χ3n) is 3.44. The Morgan fingerprint density at radius 1 is 1.35 bits per heavy atom. The van der Waals surface area contributed by atoms with Crippen LogP contribution in [0.4, 0.5) is 13.2 Å². The van der Waals surface area contributed by atoms with E-state index in [0.717, 1.165) is 5.56 Å². The van der Waals surface area contributed by atoms with E-state index in [1.807, 2.05) is 11.9 Å². The summed E-state index contributed by atoms with van der Waals surface area (Å²) in [6, 6.07) is -0.177. The predicted molar refractivity (Wildman–Crippen MR) is 57.4 cm³/mol. The van der Waals surface area contributed by atoms with Gasteiger partial charge >= 0.3 is 6.18 Å². The van der Waals surface area contributed by atoms with Crippen LogP contribution in [0, 0.1) is 5.92 Å². The molecule has 1 aromatic heterocycles. The van der Waals surface area contributed by atoms with E-state index in [1.54, 1.807) is 24.1 Å². The van der Waals surface area contributed by atoms with E-state index in [1.165, 1.54) is 0 Å². The lowest BCUT2D eigenvalue weighted by atomic mass is 9.88. The van der Waals surface area contributed by atoms with Crippen molar-refractivity contribution in [2.24, 2.45) is 13.0 Å². The molecular weight excluding hydrogens is 231 g/mol. The molecule has 2 rings (SSSR count). The standard InChI is InChI=1S/C11H16F3N3/c1-16-4-3-9(11(12,13)14)5-10(16)8-6-15-17(2)7-8/h6-7,9-10H,3-5H2,1-2H3/t9-,10+/m1/s1. The fraction of sp³-hybridized carbons (Fsp3) is 0.727. The van der Waals surface area contributed by atoms with Crippen molar-refractivity contribution >= 4 is 0 Å². The van der Waals surface area contributed by atoms with Crippen LogP contribution in [0.1, 0.15) is 24.4 Å². The highest BCUT2D eigenvalue weighted by atomic mass is 19.4. The lowest BCUT2D eigenvalue weighted by molar-refractivity contribution is -0.189. The second kappa shape index (κ2) is 4.33. The highest BCUT2D eigenvalue weighted by molar-refractivity contribution is 5.12. The summed E-state index contributed by atoms with van der Waals surface area (Å²) in [7, 11) is 3.64. The van der Waals surface area contributed by atoms with Crippen LogP contribution in [0.15, 0.2) is 12.4 Å². The van der Waals surface area contributed by atoms with E-state index >= 15 is 0 Å². The molecule has 1 aliphatic heterocycles. The molecule has 0 spiro atoms. The Morgan fingerprint density at radius 3 is 2.59 bits per heavy atom. The lowest BCUT2D eigenvalue weighted by Gasteiger charge is -2.37. The summed E-state index contributed by atoms with van der Waals surface area (Å²) in [6.07, 6.45) is -0.315. The molecule has 17 heavy (non-hydrogen) atoms. The van der Waals surface area contributed by atoms with E-state index in [-0.39, 0.29) is 18.9 Å². The number of alkyl halides is 3. The SMILES string of the molecule is CN1CC[C@@H](C(F)(F)F)C[C@H]1c1cnn(C)c1. The zero-order valence-corrected chi connectivity index (χ0v) is 9.91. The third-order valence-corrected chi connectivity index (χ3v) is 3.44. The molecule has 0 aromatic carbocycles. The number of halogens is 3. The number of rotatable bonds is 1. The van der Waals surface area contributed by atoms with Crippen molar-refractivity contribution < 1.29 is 13.2 Å². The molecular formula is C11H16F3N3. The summed E-state index contributed by atoms with van der Waals surface area (Å²) in [5.41, 5.74) is 0.865. The summed E-state index contributed by atoms with van der Waals surface area (Å²) < 4.78 is 39.8. The van der Waals surface area contributed by atoms with Gasteiger partial charge in [-0.3, -0.25) is 9.58 Å². The molecule has 0 radical (unpaired) electrons. The number of likely N-dealkylation sites (tertiary alicyclic amines) is 1. The second-order valence-electron chi connectivity index (χ2n) is 4.71. The second-order valence-corrected chi connectivity index (χ2v) is 4.71. The summed E-state index contributed by atoms with van der Waals surface area (Å²) in [6.45, 7) is 0.476. The Bertz CT molecular complexity index is 386. The predicted octanol–water partition coefficient (Wildman–Crippen LogP) is 2.37. The van der Waals surface area contributed by atoms with Gasteiger partial charge in [-0.2, -0.15) is 18.3 Å². The minimum atomic E-state index is -4.08. The van der Waals surface area contributed by atoms with Crippen molar-refractivity contribution in [3.63, 3.8) is 0 Å².